The van der Waals surface area contributed by atoms with Crippen LogP contribution < -0.4 is 0 Å². The predicted octanol–water partition coefficient (Wildman–Crippen LogP) is 1.30. The third-order valence-corrected chi connectivity index (χ3v) is 3.45. The Hall–Kier alpha value is -1.98. The van der Waals surface area contributed by atoms with Gasteiger partial charge in [0.15, 0.2) is 0 Å². The molecule has 1 unspecified atom stereocenters. The van der Waals surface area contributed by atoms with Gasteiger partial charge in [-0.25, -0.2) is 4.79 Å². The summed E-state index contributed by atoms with van der Waals surface area (Å²) in [5, 5.41) is 0.519. The van der Waals surface area contributed by atoms with Crippen LogP contribution in [0.1, 0.15) is 44.9 Å². The molecule has 2 rings (SSSR count). The molecule has 1 saturated heterocycles. The molecule has 0 N–H and O–H groups in total. The number of imide groups is 1. The summed E-state index contributed by atoms with van der Waals surface area (Å²) in [7, 11) is 0. The van der Waals surface area contributed by atoms with Gasteiger partial charge >= 0.3 is 5.97 Å². The summed E-state index contributed by atoms with van der Waals surface area (Å²) >= 11 is 0. The Morgan fingerprint density at radius 1 is 1.15 bits per heavy atom. The maximum Gasteiger partial charge on any atom is 0.333 e. The fourth-order valence-corrected chi connectivity index (χ4v) is 2.30. The lowest BCUT2D eigenvalue weighted by molar-refractivity contribution is -0.198. The fourth-order valence-electron chi connectivity index (χ4n) is 2.30. The summed E-state index contributed by atoms with van der Waals surface area (Å²) in [6.45, 7) is 0. The molecular weight excluding hydrogens is 262 g/mol. The van der Waals surface area contributed by atoms with Crippen LogP contribution in [0, 0.1) is 5.92 Å². The Morgan fingerprint density at radius 3 is 2.55 bits per heavy atom. The Bertz CT molecular complexity index is 452. The summed E-state index contributed by atoms with van der Waals surface area (Å²) in [6.07, 6.45) is 6.53. The monoisotopic (exact) mass is 279 g/mol. The molecule has 6 heteroatoms. The molecule has 0 radical (unpaired) electrons. The number of amides is 2. The highest BCUT2D eigenvalue weighted by Crippen LogP contribution is 2.20. The van der Waals surface area contributed by atoms with Crippen molar-refractivity contribution in [1.29, 1.82) is 0 Å². The van der Waals surface area contributed by atoms with Crippen molar-refractivity contribution < 1.29 is 24.0 Å². The molecule has 0 bridgehead atoms. The summed E-state index contributed by atoms with van der Waals surface area (Å²) in [5.41, 5.74) is 0. The van der Waals surface area contributed by atoms with E-state index in [-0.39, 0.29) is 25.0 Å². The molecule has 108 valence electrons. The number of rotatable bonds is 3. The largest absolute Gasteiger partial charge is 0.333 e. The molecule has 0 spiro atoms. The molecule has 1 atom stereocenters. The number of hydrogen-bond acceptors (Lipinski definition) is 5. The van der Waals surface area contributed by atoms with Gasteiger partial charge in [-0.1, -0.05) is 12.2 Å². The van der Waals surface area contributed by atoms with E-state index in [1.54, 1.807) is 0 Å². The first-order chi connectivity index (χ1) is 9.58. The van der Waals surface area contributed by atoms with Gasteiger partial charge in [-0.05, 0) is 19.3 Å². The number of hydrogen-bond donors (Lipinski definition) is 0. The van der Waals surface area contributed by atoms with E-state index in [4.69, 9.17) is 4.84 Å². The van der Waals surface area contributed by atoms with Crippen LogP contribution >= 0.6 is 0 Å². The minimum absolute atomic E-state index is 0.0328. The van der Waals surface area contributed by atoms with Crippen LogP contribution in [-0.2, 0) is 24.0 Å². The van der Waals surface area contributed by atoms with Crippen molar-refractivity contribution in [2.75, 3.05) is 0 Å². The molecule has 20 heavy (non-hydrogen) atoms. The van der Waals surface area contributed by atoms with E-state index in [2.05, 4.69) is 0 Å². The van der Waals surface area contributed by atoms with Gasteiger partial charge in [-0.15, -0.1) is 5.06 Å². The van der Waals surface area contributed by atoms with E-state index in [1.165, 1.54) is 0 Å². The third-order valence-electron chi connectivity index (χ3n) is 3.45. The topological polar surface area (TPSA) is 80.8 Å². The number of Topliss-reactive ketones (excluding diaryl/α,β-unsaturated/α-hetero) is 1. The molecule has 1 heterocycles. The zero-order valence-electron chi connectivity index (χ0n) is 11.2. The molecule has 0 aromatic rings. The van der Waals surface area contributed by atoms with Gasteiger partial charge in [0.2, 0.25) is 0 Å². The highest BCUT2D eigenvalue weighted by atomic mass is 16.7. The highest BCUT2D eigenvalue weighted by molar-refractivity contribution is 6.01. The maximum atomic E-state index is 11.9. The number of carbonyl (C=O) groups is 4. The Kier molecular flexibility index (Phi) is 4.65. The van der Waals surface area contributed by atoms with Crippen molar-refractivity contribution in [3.05, 3.63) is 12.2 Å². The minimum Gasteiger partial charge on any atom is -0.330 e. The van der Waals surface area contributed by atoms with Crippen LogP contribution in [-0.4, -0.2) is 28.6 Å². The van der Waals surface area contributed by atoms with Crippen LogP contribution in [0.4, 0.5) is 0 Å². The first-order valence-electron chi connectivity index (χ1n) is 6.82. The Labute approximate surface area is 116 Å². The normalized spacial score (nSPS) is 25.3. The van der Waals surface area contributed by atoms with Crippen LogP contribution in [0.5, 0.6) is 0 Å². The van der Waals surface area contributed by atoms with Crippen molar-refractivity contribution in [3.63, 3.8) is 0 Å². The summed E-state index contributed by atoms with van der Waals surface area (Å²) in [4.78, 5) is 51.1. The quantitative estimate of drug-likeness (QED) is 0.574. The van der Waals surface area contributed by atoms with Crippen molar-refractivity contribution in [1.82, 2.24) is 5.06 Å². The number of nitrogens with zero attached hydrogens (tertiary/aromatic N) is 1. The molecule has 1 aliphatic heterocycles. The van der Waals surface area contributed by atoms with Gasteiger partial charge in [0.05, 0.1) is 6.42 Å². The maximum absolute atomic E-state index is 11.9. The van der Waals surface area contributed by atoms with Crippen molar-refractivity contribution in [3.8, 4) is 0 Å². The van der Waals surface area contributed by atoms with Gasteiger partial charge in [0, 0.05) is 25.2 Å². The van der Waals surface area contributed by atoms with E-state index in [1.807, 2.05) is 12.2 Å². The van der Waals surface area contributed by atoms with Crippen molar-refractivity contribution in [2.24, 2.45) is 5.92 Å². The molecule has 0 aromatic carbocycles. The zero-order valence-corrected chi connectivity index (χ0v) is 11.2. The zero-order chi connectivity index (χ0) is 14.5. The van der Waals surface area contributed by atoms with Gasteiger partial charge in [0.1, 0.15) is 5.78 Å². The third kappa shape index (κ3) is 3.53. The molecule has 0 aromatic heterocycles. The average molecular weight is 279 g/mol. The standard InChI is InChI=1S/C14H17NO5/c16-11-6-4-2-1-3-5-10(11)9-14(19)20-15-12(17)7-8-13(15)18/h1,3,10H,2,4-9H2/b3-1+. The van der Waals surface area contributed by atoms with Crippen molar-refractivity contribution in [2.45, 2.75) is 44.9 Å². The lowest BCUT2D eigenvalue weighted by atomic mass is 9.91. The second-order valence-corrected chi connectivity index (χ2v) is 5.01. The van der Waals surface area contributed by atoms with Crippen LogP contribution in [0.3, 0.4) is 0 Å². The number of carbonyl (C=O) groups excluding carboxylic acids is 4. The van der Waals surface area contributed by atoms with E-state index in [0.717, 1.165) is 12.8 Å². The average Bonchev–Trinajstić information content (AvgIpc) is 2.70. The lowest BCUT2D eigenvalue weighted by Gasteiger charge is -2.17. The molecule has 2 amide bonds. The summed E-state index contributed by atoms with van der Waals surface area (Å²) in [5.74, 6) is -2.11. The molecule has 1 aliphatic carbocycles. The van der Waals surface area contributed by atoms with Crippen LogP contribution in [0.2, 0.25) is 0 Å². The SMILES string of the molecule is O=C(CC1C/C=C/CCCC1=O)ON1C(=O)CCC1=O. The van der Waals surface area contributed by atoms with Gasteiger partial charge < -0.3 is 4.84 Å². The second-order valence-electron chi connectivity index (χ2n) is 5.01. The summed E-state index contributed by atoms with van der Waals surface area (Å²) in [6, 6.07) is 0. The molecule has 0 saturated carbocycles. The number of hydroxylamine groups is 2. The summed E-state index contributed by atoms with van der Waals surface area (Å²) < 4.78 is 0. The highest BCUT2D eigenvalue weighted by Gasteiger charge is 2.33. The minimum atomic E-state index is -0.707. The Balaban J connectivity index is 1.91. The first kappa shape index (κ1) is 14.4. The van der Waals surface area contributed by atoms with E-state index in [0.29, 0.717) is 17.9 Å². The van der Waals surface area contributed by atoms with E-state index < -0.39 is 23.7 Å². The second kappa shape index (κ2) is 6.45. The molecular formula is C14H17NO5. The van der Waals surface area contributed by atoms with Gasteiger partial charge in [0.25, 0.3) is 11.8 Å². The molecule has 2 aliphatic rings. The van der Waals surface area contributed by atoms with Crippen LogP contribution in [0.15, 0.2) is 12.2 Å². The Morgan fingerprint density at radius 2 is 1.85 bits per heavy atom. The van der Waals surface area contributed by atoms with E-state index in [9.17, 15) is 19.2 Å². The van der Waals surface area contributed by atoms with Crippen LogP contribution in [0.25, 0.3) is 0 Å². The van der Waals surface area contributed by atoms with Gasteiger partial charge in [-0.2, -0.15) is 0 Å². The number of ketones is 1. The van der Waals surface area contributed by atoms with Crippen molar-refractivity contribution >= 4 is 23.6 Å². The molecule has 6 nitrogen and oxygen atoms in total. The number of allylic oxidation sites excluding steroid dienone is 2. The first-order valence-corrected chi connectivity index (χ1v) is 6.82. The van der Waals surface area contributed by atoms with E-state index >= 15 is 0 Å². The lowest BCUT2D eigenvalue weighted by Crippen LogP contribution is -2.33. The van der Waals surface area contributed by atoms with Gasteiger partial charge in [-0.3, -0.25) is 14.4 Å². The predicted molar refractivity (Wildman–Crippen MR) is 67.9 cm³/mol. The fraction of sp³-hybridized carbons (Fsp3) is 0.571. The molecule has 1 fully saturated rings. The smallest absolute Gasteiger partial charge is 0.330 e.